The van der Waals surface area contributed by atoms with Gasteiger partial charge in [0.25, 0.3) is 0 Å². The van der Waals surface area contributed by atoms with Crippen LogP contribution in [0, 0.1) is 5.92 Å². The number of carboxylic acid groups (broad SMARTS) is 1. The van der Waals surface area contributed by atoms with Crippen molar-refractivity contribution in [3.63, 3.8) is 0 Å². The second-order valence-electron chi connectivity index (χ2n) is 12.5. The Hall–Kier alpha value is -3.54. The average molecular weight is 626 g/mol. The molecule has 1 amide bonds. The highest BCUT2D eigenvalue weighted by molar-refractivity contribution is 5.79. The summed E-state index contributed by atoms with van der Waals surface area (Å²) in [5, 5.41) is 20.7. The number of aliphatic hydroxyl groups is 1. The molecule has 11 heteroatoms. The number of para-hydroxylation sites is 1. The molecule has 45 heavy (non-hydrogen) atoms. The highest BCUT2D eigenvalue weighted by Gasteiger charge is 2.47. The van der Waals surface area contributed by atoms with Crippen LogP contribution in [-0.4, -0.2) is 103 Å². The molecule has 0 bridgehead atoms. The number of nitrogens with zero attached hydrogens (tertiary/aromatic N) is 3. The van der Waals surface area contributed by atoms with E-state index in [1.807, 2.05) is 35.2 Å². The normalized spacial score (nSPS) is 20.2. The summed E-state index contributed by atoms with van der Waals surface area (Å²) in [4.78, 5) is 33.1. The maximum absolute atomic E-state index is 13.9. The second kappa shape index (κ2) is 15.2. The van der Waals surface area contributed by atoms with E-state index in [0.29, 0.717) is 61.0 Å². The molecule has 3 atom stereocenters. The molecule has 3 heterocycles. The first-order chi connectivity index (χ1) is 21.8. The first-order valence-electron chi connectivity index (χ1n) is 16.1. The highest BCUT2D eigenvalue weighted by atomic mass is 16.7. The van der Waals surface area contributed by atoms with Crippen LogP contribution in [0.4, 0.5) is 0 Å². The number of amides is 1. The standard InChI is InChI=1S/C34H47N3O8/c1-4-5-14-36(15-7-6-13-35(2)3)30(39)19-37-18-26(24-16-25(20-38)33-29(17-24)43-22-45-33)31(34(40)41)27(37)12-11-23-9-8-10-28-32(23)44-21-42-28/h8-10,16-17,26-27,31,38H,4-7,11-15,18-22H2,1-3H3,(H,40,41)/t26-,27+,31-/m1/s1. The van der Waals surface area contributed by atoms with Gasteiger partial charge in [-0.25, -0.2) is 0 Å². The molecule has 0 saturated carbocycles. The molecule has 5 rings (SSSR count). The van der Waals surface area contributed by atoms with Crippen molar-refractivity contribution in [1.82, 2.24) is 14.7 Å². The molecule has 0 spiro atoms. The van der Waals surface area contributed by atoms with E-state index in [2.05, 4.69) is 30.8 Å². The number of carbonyl (C=O) groups excluding carboxylic acids is 1. The number of aliphatic hydroxyl groups excluding tert-OH is 1. The topological polar surface area (TPSA) is 121 Å². The number of fused-ring (bicyclic) bond motifs is 2. The average Bonchev–Trinajstić information content (AvgIpc) is 3.77. The van der Waals surface area contributed by atoms with Crippen LogP contribution in [0.15, 0.2) is 30.3 Å². The minimum Gasteiger partial charge on any atom is -0.481 e. The van der Waals surface area contributed by atoms with Crippen molar-refractivity contribution >= 4 is 11.9 Å². The van der Waals surface area contributed by atoms with E-state index in [1.54, 1.807) is 0 Å². The van der Waals surface area contributed by atoms with Crippen LogP contribution in [0.3, 0.4) is 0 Å². The summed E-state index contributed by atoms with van der Waals surface area (Å²) in [6, 6.07) is 9.02. The van der Waals surface area contributed by atoms with Crippen molar-refractivity contribution in [2.45, 2.75) is 64.0 Å². The Balaban J connectivity index is 1.41. The zero-order valence-electron chi connectivity index (χ0n) is 26.7. The number of hydrogen-bond donors (Lipinski definition) is 2. The molecule has 0 radical (unpaired) electrons. The van der Waals surface area contributed by atoms with Crippen LogP contribution in [0.5, 0.6) is 23.0 Å². The van der Waals surface area contributed by atoms with Crippen LogP contribution >= 0.6 is 0 Å². The number of aryl methyl sites for hydroxylation is 1. The third kappa shape index (κ3) is 7.65. The van der Waals surface area contributed by atoms with E-state index >= 15 is 0 Å². The van der Waals surface area contributed by atoms with Gasteiger partial charge in [0.2, 0.25) is 19.5 Å². The molecule has 2 aromatic rings. The maximum Gasteiger partial charge on any atom is 0.308 e. The van der Waals surface area contributed by atoms with Gasteiger partial charge in [0.15, 0.2) is 23.0 Å². The maximum atomic E-state index is 13.9. The molecule has 11 nitrogen and oxygen atoms in total. The van der Waals surface area contributed by atoms with Crippen molar-refractivity contribution in [2.75, 3.05) is 60.4 Å². The van der Waals surface area contributed by atoms with Crippen LogP contribution in [0.25, 0.3) is 0 Å². The molecule has 0 unspecified atom stereocenters. The summed E-state index contributed by atoms with van der Waals surface area (Å²) in [6.07, 6.45) is 4.93. The van der Waals surface area contributed by atoms with Gasteiger partial charge in [0.05, 0.1) is 19.1 Å². The Labute approximate surface area is 265 Å². The Kier molecular flexibility index (Phi) is 11.1. The lowest BCUT2D eigenvalue weighted by atomic mass is 9.82. The first kappa shape index (κ1) is 32.8. The second-order valence-corrected chi connectivity index (χ2v) is 12.5. The van der Waals surface area contributed by atoms with Crippen LogP contribution in [0.1, 0.15) is 61.6 Å². The summed E-state index contributed by atoms with van der Waals surface area (Å²) >= 11 is 0. The molecule has 1 fully saturated rings. The third-order valence-corrected chi connectivity index (χ3v) is 9.15. The van der Waals surface area contributed by atoms with E-state index in [9.17, 15) is 19.8 Å². The Morgan fingerprint density at radius 2 is 1.64 bits per heavy atom. The smallest absolute Gasteiger partial charge is 0.308 e. The van der Waals surface area contributed by atoms with Crippen molar-refractivity contribution in [1.29, 1.82) is 0 Å². The molecule has 0 aliphatic carbocycles. The number of carbonyl (C=O) groups is 2. The van der Waals surface area contributed by atoms with Gasteiger partial charge in [-0.05, 0) is 82.1 Å². The fraction of sp³-hybridized carbons (Fsp3) is 0.588. The number of hydrogen-bond acceptors (Lipinski definition) is 9. The summed E-state index contributed by atoms with van der Waals surface area (Å²) in [5.74, 6) is 0.329. The minimum atomic E-state index is -0.910. The van der Waals surface area contributed by atoms with Gasteiger partial charge in [0, 0.05) is 37.2 Å². The zero-order valence-corrected chi connectivity index (χ0v) is 26.7. The Morgan fingerprint density at radius 1 is 0.933 bits per heavy atom. The van der Waals surface area contributed by atoms with Gasteiger partial charge >= 0.3 is 5.97 Å². The SMILES string of the molecule is CCCCN(CCCCN(C)C)C(=O)CN1C[C@H](c2cc(CO)c3c(c2)OCO3)[C@@H](C(=O)O)[C@@H]1CCc1cccc2c1OCO2. The van der Waals surface area contributed by atoms with Gasteiger partial charge < -0.3 is 39.0 Å². The third-order valence-electron chi connectivity index (χ3n) is 9.15. The number of likely N-dealkylation sites (tertiary alicyclic amines) is 1. The fourth-order valence-electron chi connectivity index (χ4n) is 6.83. The van der Waals surface area contributed by atoms with Crippen LogP contribution < -0.4 is 18.9 Å². The Morgan fingerprint density at radius 3 is 2.36 bits per heavy atom. The fourth-order valence-corrected chi connectivity index (χ4v) is 6.83. The summed E-state index contributed by atoms with van der Waals surface area (Å²) in [6.45, 7) is 4.97. The first-order valence-corrected chi connectivity index (χ1v) is 16.1. The van der Waals surface area contributed by atoms with Gasteiger partial charge in [-0.15, -0.1) is 0 Å². The summed E-state index contributed by atoms with van der Waals surface area (Å²) < 4.78 is 22.5. The molecular formula is C34H47N3O8. The predicted molar refractivity (Wildman–Crippen MR) is 168 cm³/mol. The van der Waals surface area contributed by atoms with E-state index in [-0.39, 0.29) is 32.6 Å². The largest absolute Gasteiger partial charge is 0.481 e. The molecular weight excluding hydrogens is 578 g/mol. The van der Waals surface area contributed by atoms with Gasteiger partial charge in [-0.3, -0.25) is 14.5 Å². The summed E-state index contributed by atoms with van der Waals surface area (Å²) in [7, 11) is 4.10. The van der Waals surface area contributed by atoms with E-state index in [4.69, 9.17) is 18.9 Å². The lowest BCUT2D eigenvalue weighted by Gasteiger charge is -2.30. The number of ether oxygens (including phenoxy) is 4. The Bertz CT molecular complexity index is 1330. The van der Waals surface area contributed by atoms with Crippen LogP contribution in [0.2, 0.25) is 0 Å². The zero-order chi connectivity index (χ0) is 31.9. The van der Waals surface area contributed by atoms with Crippen LogP contribution in [-0.2, 0) is 22.6 Å². The number of rotatable bonds is 16. The van der Waals surface area contributed by atoms with Gasteiger partial charge in [0.1, 0.15) is 0 Å². The van der Waals surface area contributed by atoms with Crippen molar-refractivity contribution < 1.29 is 38.7 Å². The monoisotopic (exact) mass is 625 g/mol. The predicted octanol–water partition coefficient (Wildman–Crippen LogP) is 3.71. The van der Waals surface area contributed by atoms with Gasteiger partial charge in [-0.2, -0.15) is 0 Å². The minimum absolute atomic E-state index is 0.0298. The molecule has 246 valence electrons. The number of benzene rings is 2. The van der Waals surface area contributed by atoms with Crippen molar-refractivity contribution in [3.05, 3.63) is 47.0 Å². The number of aliphatic carboxylic acids is 1. The van der Waals surface area contributed by atoms with Gasteiger partial charge in [-0.1, -0.05) is 25.5 Å². The number of carboxylic acids is 1. The number of unbranched alkanes of at least 4 members (excludes halogenated alkanes) is 2. The van der Waals surface area contributed by atoms with Crippen molar-refractivity contribution in [2.24, 2.45) is 5.92 Å². The highest BCUT2D eigenvalue weighted by Crippen LogP contribution is 2.45. The van der Waals surface area contributed by atoms with E-state index in [0.717, 1.165) is 43.4 Å². The van der Waals surface area contributed by atoms with E-state index < -0.39 is 23.8 Å². The molecule has 0 aromatic heterocycles. The summed E-state index contributed by atoms with van der Waals surface area (Å²) in [5.41, 5.74) is 2.29. The lowest BCUT2D eigenvalue weighted by molar-refractivity contribution is -0.143. The van der Waals surface area contributed by atoms with Crippen molar-refractivity contribution in [3.8, 4) is 23.0 Å². The molecule has 3 aliphatic heterocycles. The molecule has 2 aromatic carbocycles. The van der Waals surface area contributed by atoms with E-state index in [1.165, 1.54) is 0 Å². The molecule has 3 aliphatic rings. The molecule has 1 saturated heterocycles. The molecule has 2 N–H and O–H groups in total. The quantitative estimate of drug-likeness (QED) is 0.267. The lowest BCUT2D eigenvalue weighted by Crippen LogP contribution is -2.45.